The van der Waals surface area contributed by atoms with E-state index in [-0.39, 0.29) is 5.54 Å². The van der Waals surface area contributed by atoms with Crippen molar-refractivity contribution in [2.45, 2.75) is 50.5 Å². The highest BCUT2D eigenvalue weighted by atomic mass is 15.2. The fourth-order valence-electron chi connectivity index (χ4n) is 2.78. The fourth-order valence-corrected chi connectivity index (χ4v) is 2.78. The molecule has 1 aliphatic heterocycles. The van der Waals surface area contributed by atoms with E-state index in [1.165, 1.54) is 32.1 Å². The molecule has 0 aromatic rings. The zero-order chi connectivity index (χ0) is 9.15. The third kappa shape index (κ3) is 1.58. The summed E-state index contributed by atoms with van der Waals surface area (Å²) in [5.41, 5.74) is -0.0551. The highest BCUT2D eigenvalue weighted by Gasteiger charge is 2.39. The van der Waals surface area contributed by atoms with Crippen molar-refractivity contribution in [3.8, 4) is 6.07 Å². The molecular formula is C11H18N2. The van der Waals surface area contributed by atoms with Crippen LogP contribution in [-0.2, 0) is 0 Å². The average molecular weight is 178 g/mol. The zero-order valence-corrected chi connectivity index (χ0v) is 8.26. The summed E-state index contributed by atoms with van der Waals surface area (Å²) >= 11 is 0. The van der Waals surface area contributed by atoms with Gasteiger partial charge in [-0.05, 0) is 38.8 Å². The Morgan fingerprint density at radius 1 is 0.923 bits per heavy atom. The van der Waals surface area contributed by atoms with Gasteiger partial charge in [0.1, 0.15) is 5.54 Å². The number of nitrogens with zero attached hydrogens (tertiary/aromatic N) is 2. The first-order valence-corrected chi connectivity index (χ1v) is 5.54. The van der Waals surface area contributed by atoms with E-state index in [1.807, 2.05) is 0 Å². The second-order valence-electron chi connectivity index (χ2n) is 4.40. The van der Waals surface area contributed by atoms with E-state index in [2.05, 4.69) is 11.0 Å². The number of piperidine rings is 1. The molecule has 2 rings (SSSR count). The Kier molecular flexibility index (Phi) is 2.55. The zero-order valence-electron chi connectivity index (χ0n) is 8.26. The first kappa shape index (κ1) is 9.02. The smallest absolute Gasteiger partial charge is 0.109 e. The Balaban J connectivity index is 2.06. The topological polar surface area (TPSA) is 27.0 Å². The third-order valence-corrected chi connectivity index (χ3v) is 3.60. The highest BCUT2D eigenvalue weighted by Crippen LogP contribution is 2.36. The van der Waals surface area contributed by atoms with Gasteiger partial charge in [0, 0.05) is 0 Å². The Morgan fingerprint density at radius 3 is 2.08 bits per heavy atom. The van der Waals surface area contributed by atoms with Gasteiger partial charge in [-0.1, -0.05) is 19.3 Å². The summed E-state index contributed by atoms with van der Waals surface area (Å²) in [6, 6.07) is 2.57. The van der Waals surface area contributed by atoms with E-state index in [9.17, 15) is 5.26 Å². The minimum atomic E-state index is -0.0551. The predicted molar refractivity (Wildman–Crippen MR) is 52.2 cm³/mol. The molecule has 13 heavy (non-hydrogen) atoms. The molecule has 2 aliphatic rings. The molecule has 1 heterocycles. The molecule has 1 aliphatic carbocycles. The van der Waals surface area contributed by atoms with Crippen LogP contribution in [0.5, 0.6) is 0 Å². The first-order valence-electron chi connectivity index (χ1n) is 5.54. The van der Waals surface area contributed by atoms with Crippen LogP contribution in [-0.4, -0.2) is 23.5 Å². The van der Waals surface area contributed by atoms with Crippen molar-refractivity contribution in [2.24, 2.45) is 0 Å². The molecule has 1 saturated carbocycles. The van der Waals surface area contributed by atoms with Crippen LogP contribution in [0, 0.1) is 11.3 Å². The van der Waals surface area contributed by atoms with E-state index in [0.717, 1.165) is 25.9 Å². The summed E-state index contributed by atoms with van der Waals surface area (Å²) in [5, 5.41) is 9.28. The minimum Gasteiger partial charge on any atom is -0.286 e. The molecule has 2 fully saturated rings. The largest absolute Gasteiger partial charge is 0.286 e. The molecule has 1 saturated heterocycles. The van der Waals surface area contributed by atoms with Gasteiger partial charge in [0.2, 0.25) is 0 Å². The maximum absolute atomic E-state index is 9.28. The van der Waals surface area contributed by atoms with Gasteiger partial charge in [0.05, 0.1) is 6.07 Å². The van der Waals surface area contributed by atoms with Crippen molar-refractivity contribution in [1.29, 1.82) is 5.26 Å². The van der Waals surface area contributed by atoms with Crippen LogP contribution in [0.1, 0.15) is 44.9 Å². The third-order valence-electron chi connectivity index (χ3n) is 3.60. The van der Waals surface area contributed by atoms with Crippen LogP contribution in [0.15, 0.2) is 0 Å². The standard InChI is InChI=1S/C11H18N2/c12-10-11(6-2-3-7-11)13-8-4-1-5-9-13/h1-9H2. The Morgan fingerprint density at radius 2 is 1.54 bits per heavy atom. The summed E-state index contributed by atoms with van der Waals surface area (Å²) in [5.74, 6) is 0. The van der Waals surface area contributed by atoms with Crippen molar-refractivity contribution in [2.75, 3.05) is 13.1 Å². The molecule has 0 radical (unpaired) electrons. The quantitative estimate of drug-likeness (QED) is 0.616. The number of likely N-dealkylation sites (tertiary alicyclic amines) is 1. The monoisotopic (exact) mass is 178 g/mol. The maximum Gasteiger partial charge on any atom is 0.109 e. The van der Waals surface area contributed by atoms with Gasteiger partial charge in [0.15, 0.2) is 0 Å². The van der Waals surface area contributed by atoms with Crippen molar-refractivity contribution in [1.82, 2.24) is 4.90 Å². The number of rotatable bonds is 1. The second kappa shape index (κ2) is 3.67. The van der Waals surface area contributed by atoms with E-state index in [1.54, 1.807) is 0 Å². The maximum atomic E-state index is 9.28. The van der Waals surface area contributed by atoms with E-state index >= 15 is 0 Å². The van der Waals surface area contributed by atoms with E-state index in [4.69, 9.17) is 0 Å². The lowest BCUT2D eigenvalue weighted by Crippen LogP contribution is -2.48. The molecule has 0 spiro atoms. The van der Waals surface area contributed by atoms with Crippen LogP contribution >= 0.6 is 0 Å². The van der Waals surface area contributed by atoms with Gasteiger partial charge < -0.3 is 0 Å². The van der Waals surface area contributed by atoms with Gasteiger partial charge in [-0.15, -0.1) is 0 Å². The van der Waals surface area contributed by atoms with Crippen molar-refractivity contribution >= 4 is 0 Å². The number of hydrogen-bond acceptors (Lipinski definition) is 2. The molecule has 72 valence electrons. The summed E-state index contributed by atoms with van der Waals surface area (Å²) in [6.07, 6.45) is 8.69. The summed E-state index contributed by atoms with van der Waals surface area (Å²) < 4.78 is 0. The van der Waals surface area contributed by atoms with Crippen LogP contribution in [0.3, 0.4) is 0 Å². The molecular weight excluding hydrogens is 160 g/mol. The van der Waals surface area contributed by atoms with E-state index in [0.29, 0.717) is 0 Å². The molecule has 0 amide bonds. The minimum absolute atomic E-state index is 0.0551. The Hall–Kier alpha value is -0.550. The normalized spacial score (nSPS) is 28.5. The molecule has 0 bridgehead atoms. The molecule has 0 N–H and O–H groups in total. The van der Waals surface area contributed by atoms with Crippen LogP contribution in [0.2, 0.25) is 0 Å². The van der Waals surface area contributed by atoms with Gasteiger partial charge in [-0.25, -0.2) is 0 Å². The van der Waals surface area contributed by atoms with Gasteiger partial charge >= 0.3 is 0 Å². The lowest BCUT2D eigenvalue weighted by atomic mass is 9.94. The van der Waals surface area contributed by atoms with Crippen LogP contribution < -0.4 is 0 Å². The predicted octanol–water partition coefficient (Wildman–Crippen LogP) is 2.31. The molecule has 0 unspecified atom stereocenters. The molecule has 2 nitrogen and oxygen atoms in total. The number of hydrogen-bond donors (Lipinski definition) is 0. The van der Waals surface area contributed by atoms with Crippen LogP contribution in [0.25, 0.3) is 0 Å². The molecule has 0 aromatic carbocycles. The van der Waals surface area contributed by atoms with Crippen molar-refractivity contribution in [3.63, 3.8) is 0 Å². The van der Waals surface area contributed by atoms with Gasteiger partial charge in [-0.2, -0.15) is 5.26 Å². The summed E-state index contributed by atoms with van der Waals surface area (Å²) in [7, 11) is 0. The van der Waals surface area contributed by atoms with Crippen molar-refractivity contribution in [3.05, 3.63) is 0 Å². The first-order chi connectivity index (χ1) is 6.37. The Labute approximate surface area is 80.5 Å². The van der Waals surface area contributed by atoms with Gasteiger partial charge in [-0.3, -0.25) is 4.90 Å². The molecule has 0 aromatic heterocycles. The SMILES string of the molecule is N#CC1(N2CCCCC2)CCCC1. The lowest BCUT2D eigenvalue weighted by Gasteiger charge is -2.38. The fraction of sp³-hybridized carbons (Fsp3) is 0.909. The summed E-state index contributed by atoms with van der Waals surface area (Å²) in [6.45, 7) is 2.32. The highest BCUT2D eigenvalue weighted by molar-refractivity contribution is 5.11. The average Bonchev–Trinajstić information content (AvgIpc) is 2.69. The Bertz CT molecular complexity index is 205. The van der Waals surface area contributed by atoms with Crippen molar-refractivity contribution < 1.29 is 0 Å². The second-order valence-corrected chi connectivity index (χ2v) is 4.40. The molecule has 0 atom stereocenters. The molecule has 2 heteroatoms. The summed E-state index contributed by atoms with van der Waals surface area (Å²) in [4.78, 5) is 2.45. The van der Waals surface area contributed by atoms with Gasteiger partial charge in [0.25, 0.3) is 0 Å². The van der Waals surface area contributed by atoms with E-state index < -0.39 is 0 Å². The van der Waals surface area contributed by atoms with Crippen LogP contribution in [0.4, 0.5) is 0 Å². The lowest BCUT2D eigenvalue weighted by molar-refractivity contribution is 0.115. The number of nitriles is 1.